The molecule has 0 bridgehead atoms. The van der Waals surface area contributed by atoms with Crippen LogP contribution in [0.5, 0.6) is 5.75 Å². The summed E-state index contributed by atoms with van der Waals surface area (Å²) in [7, 11) is 0. The SMILES string of the molecule is Cc1nc2ccccn2c1-c1cccc(CNc2ccc3c(c2)OC[C@H]3CC(=O)O)c1C. The Morgan fingerprint density at radius 1 is 1.19 bits per heavy atom. The second kappa shape index (κ2) is 8.04. The number of pyridine rings is 1. The molecule has 1 aliphatic heterocycles. The van der Waals surface area contributed by atoms with E-state index in [1.165, 1.54) is 16.7 Å². The van der Waals surface area contributed by atoms with Crippen LogP contribution < -0.4 is 10.1 Å². The largest absolute Gasteiger partial charge is 0.493 e. The van der Waals surface area contributed by atoms with Crippen molar-refractivity contribution in [3.05, 3.63) is 83.2 Å². The molecule has 3 heterocycles. The first kappa shape index (κ1) is 20.1. The van der Waals surface area contributed by atoms with Crippen LogP contribution in [0.15, 0.2) is 60.8 Å². The lowest BCUT2D eigenvalue weighted by Crippen LogP contribution is -2.07. The predicted molar refractivity (Wildman–Crippen MR) is 124 cm³/mol. The smallest absolute Gasteiger partial charge is 0.304 e. The number of ether oxygens (including phenoxy) is 1. The minimum absolute atomic E-state index is 0.0795. The molecular formula is C26H25N3O3. The van der Waals surface area contributed by atoms with E-state index >= 15 is 0 Å². The van der Waals surface area contributed by atoms with Gasteiger partial charge in [-0.1, -0.05) is 30.3 Å². The molecule has 6 heteroatoms. The van der Waals surface area contributed by atoms with Crippen molar-refractivity contribution in [3.8, 4) is 17.0 Å². The fraction of sp³-hybridized carbons (Fsp3) is 0.231. The number of anilines is 1. The predicted octanol–water partition coefficient (Wildman–Crippen LogP) is 5.18. The van der Waals surface area contributed by atoms with Crippen LogP contribution >= 0.6 is 0 Å². The quantitative estimate of drug-likeness (QED) is 0.443. The third-order valence-electron chi connectivity index (χ3n) is 6.20. The van der Waals surface area contributed by atoms with E-state index in [1.54, 1.807) is 0 Å². The van der Waals surface area contributed by atoms with Gasteiger partial charge < -0.3 is 15.2 Å². The number of carboxylic acid groups (broad SMARTS) is 1. The summed E-state index contributed by atoms with van der Waals surface area (Å²) in [4.78, 5) is 15.8. The second-order valence-corrected chi connectivity index (χ2v) is 8.28. The lowest BCUT2D eigenvalue weighted by atomic mass is 9.97. The molecule has 0 radical (unpaired) electrons. The molecule has 0 amide bonds. The van der Waals surface area contributed by atoms with E-state index in [9.17, 15) is 4.79 Å². The monoisotopic (exact) mass is 427 g/mol. The van der Waals surface area contributed by atoms with Gasteiger partial charge in [0.15, 0.2) is 0 Å². The van der Waals surface area contributed by atoms with Gasteiger partial charge in [-0.2, -0.15) is 0 Å². The molecular weight excluding hydrogens is 402 g/mol. The van der Waals surface area contributed by atoms with Crippen LogP contribution in [0.25, 0.3) is 16.9 Å². The first-order valence-electron chi connectivity index (χ1n) is 10.8. The summed E-state index contributed by atoms with van der Waals surface area (Å²) in [5.74, 6) is -0.109. The van der Waals surface area contributed by atoms with Gasteiger partial charge in [0.1, 0.15) is 11.4 Å². The van der Waals surface area contributed by atoms with Gasteiger partial charge in [-0.25, -0.2) is 4.98 Å². The molecule has 1 aliphatic rings. The van der Waals surface area contributed by atoms with Crippen LogP contribution in [0.2, 0.25) is 0 Å². The van der Waals surface area contributed by atoms with Crippen LogP contribution in [0.3, 0.4) is 0 Å². The molecule has 5 rings (SSSR count). The molecule has 2 aromatic heterocycles. The summed E-state index contributed by atoms with van der Waals surface area (Å²) in [5, 5.41) is 12.6. The summed E-state index contributed by atoms with van der Waals surface area (Å²) in [6.07, 6.45) is 2.14. The summed E-state index contributed by atoms with van der Waals surface area (Å²) in [6.45, 7) is 5.29. The lowest BCUT2D eigenvalue weighted by molar-refractivity contribution is -0.137. The molecule has 0 saturated heterocycles. The van der Waals surface area contributed by atoms with Crippen molar-refractivity contribution in [2.75, 3.05) is 11.9 Å². The molecule has 2 aromatic carbocycles. The molecule has 4 aromatic rings. The number of aromatic nitrogens is 2. The number of hydrogen-bond acceptors (Lipinski definition) is 4. The van der Waals surface area contributed by atoms with Crippen LogP contribution in [-0.2, 0) is 11.3 Å². The normalized spacial score (nSPS) is 14.9. The highest BCUT2D eigenvalue weighted by Gasteiger charge is 2.26. The first-order valence-corrected chi connectivity index (χ1v) is 10.8. The standard InChI is InChI=1S/C26H25N3O3/c1-16-18(6-5-7-21(16)26-17(2)28-24-8-3-4-11-29(24)26)14-27-20-9-10-22-19(12-25(30)31)15-32-23(22)13-20/h3-11,13,19,27H,12,14-15H2,1-2H3,(H,30,31)/t19-/m1/s1. The van der Waals surface area contributed by atoms with E-state index in [4.69, 9.17) is 14.8 Å². The number of carbonyl (C=O) groups is 1. The van der Waals surface area contributed by atoms with Crippen molar-refractivity contribution < 1.29 is 14.6 Å². The van der Waals surface area contributed by atoms with Crippen LogP contribution in [0, 0.1) is 13.8 Å². The summed E-state index contributed by atoms with van der Waals surface area (Å²) >= 11 is 0. The average Bonchev–Trinajstić information content (AvgIpc) is 3.32. The summed E-state index contributed by atoms with van der Waals surface area (Å²) < 4.78 is 7.88. The van der Waals surface area contributed by atoms with Crippen molar-refractivity contribution in [2.24, 2.45) is 0 Å². The zero-order valence-corrected chi connectivity index (χ0v) is 18.1. The fourth-order valence-electron chi connectivity index (χ4n) is 4.53. The molecule has 162 valence electrons. The van der Waals surface area contributed by atoms with E-state index < -0.39 is 5.97 Å². The Morgan fingerprint density at radius 3 is 2.91 bits per heavy atom. The van der Waals surface area contributed by atoms with Gasteiger partial charge in [-0.15, -0.1) is 0 Å². The third-order valence-corrected chi connectivity index (χ3v) is 6.20. The molecule has 6 nitrogen and oxygen atoms in total. The molecule has 0 saturated carbocycles. The van der Waals surface area contributed by atoms with Crippen molar-refractivity contribution in [1.29, 1.82) is 0 Å². The Bertz CT molecular complexity index is 1330. The minimum Gasteiger partial charge on any atom is -0.493 e. The number of aliphatic carboxylic acids is 1. The highest BCUT2D eigenvalue weighted by molar-refractivity contribution is 5.71. The second-order valence-electron chi connectivity index (χ2n) is 8.28. The molecule has 0 unspecified atom stereocenters. The van der Waals surface area contributed by atoms with Gasteiger partial charge in [0.25, 0.3) is 0 Å². The Morgan fingerprint density at radius 2 is 2.06 bits per heavy atom. The number of benzene rings is 2. The maximum absolute atomic E-state index is 11.1. The number of rotatable bonds is 6. The fourth-order valence-corrected chi connectivity index (χ4v) is 4.53. The molecule has 2 N–H and O–H groups in total. The van der Waals surface area contributed by atoms with Gasteiger partial charge in [-0.05, 0) is 43.2 Å². The number of fused-ring (bicyclic) bond motifs is 2. The van der Waals surface area contributed by atoms with E-state index in [0.717, 1.165) is 34.0 Å². The third kappa shape index (κ3) is 3.58. The minimum atomic E-state index is -0.801. The van der Waals surface area contributed by atoms with Gasteiger partial charge >= 0.3 is 5.97 Å². The van der Waals surface area contributed by atoms with Crippen molar-refractivity contribution in [1.82, 2.24) is 9.38 Å². The zero-order valence-electron chi connectivity index (χ0n) is 18.1. The highest BCUT2D eigenvalue weighted by Crippen LogP contribution is 2.38. The average molecular weight is 428 g/mol. The molecule has 0 fully saturated rings. The topological polar surface area (TPSA) is 75.9 Å². The summed E-state index contributed by atoms with van der Waals surface area (Å²) in [6, 6.07) is 18.4. The van der Waals surface area contributed by atoms with Crippen LogP contribution in [0.1, 0.15) is 34.7 Å². The molecule has 0 aliphatic carbocycles. The van der Waals surface area contributed by atoms with Crippen molar-refractivity contribution in [3.63, 3.8) is 0 Å². The first-order chi connectivity index (χ1) is 15.5. The number of nitrogens with one attached hydrogen (secondary N) is 1. The summed E-state index contributed by atoms with van der Waals surface area (Å²) in [5.41, 5.74) is 8.60. The maximum atomic E-state index is 11.1. The number of nitrogens with zero attached hydrogens (tertiary/aromatic N) is 2. The number of hydrogen-bond donors (Lipinski definition) is 2. The molecule has 32 heavy (non-hydrogen) atoms. The Hall–Kier alpha value is -3.80. The number of carboxylic acids is 1. The van der Waals surface area contributed by atoms with Gasteiger partial charge in [0.05, 0.1) is 24.4 Å². The van der Waals surface area contributed by atoms with Gasteiger partial charge in [0, 0.05) is 41.5 Å². The Kier molecular flexibility index (Phi) is 5.05. The van der Waals surface area contributed by atoms with Crippen LogP contribution in [-0.4, -0.2) is 27.1 Å². The number of aryl methyl sites for hydroxylation is 1. The zero-order chi connectivity index (χ0) is 22.2. The molecule has 1 atom stereocenters. The van der Waals surface area contributed by atoms with Crippen molar-refractivity contribution in [2.45, 2.75) is 32.7 Å². The van der Waals surface area contributed by atoms with E-state index in [2.05, 4.69) is 48.0 Å². The Labute approximate surface area is 186 Å². The van der Waals surface area contributed by atoms with Crippen molar-refractivity contribution >= 4 is 17.3 Å². The van der Waals surface area contributed by atoms with E-state index in [0.29, 0.717) is 13.2 Å². The number of imidazole rings is 1. The van der Waals surface area contributed by atoms with E-state index in [1.807, 2.05) is 36.4 Å². The van der Waals surface area contributed by atoms with Gasteiger partial charge in [-0.3, -0.25) is 9.20 Å². The van der Waals surface area contributed by atoms with E-state index in [-0.39, 0.29) is 12.3 Å². The van der Waals surface area contributed by atoms with Gasteiger partial charge in [0.2, 0.25) is 0 Å². The maximum Gasteiger partial charge on any atom is 0.304 e. The highest BCUT2D eigenvalue weighted by atomic mass is 16.5. The Balaban J connectivity index is 1.39. The van der Waals surface area contributed by atoms with Crippen LogP contribution in [0.4, 0.5) is 5.69 Å². The lowest BCUT2D eigenvalue weighted by Gasteiger charge is -2.14. The molecule has 0 spiro atoms.